The fraction of sp³-hybridized carbons (Fsp3) is 0.368. The molecule has 0 radical (unpaired) electrons. The molecule has 1 amide bonds. The average molecular weight is 422 g/mol. The van der Waals surface area contributed by atoms with E-state index in [9.17, 15) is 13.2 Å². The van der Waals surface area contributed by atoms with Crippen LogP contribution in [0.1, 0.15) is 11.1 Å². The van der Waals surface area contributed by atoms with E-state index in [1.807, 2.05) is 32.0 Å². The van der Waals surface area contributed by atoms with Crippen molar-refractivity contribution < 1.29 is 17.9 Å². The molecule has 1 aliphatic heterocycles. The third kappa shape index (κ3) is 4.91. The van der Waals surface area contributed by atoms with Crippen LogP contribution >= 0.6 is 11.8 Å². The molecule has 150 valence electrons. The van der Waals surface area contributed by atoms with Gasteiger partial charge in [0.2, 0.25) is 15.9 Å². The fourth-order valence-corrected chi connectivity index (χ4v) is 4.75. The molecule has 2 heterocycles. The quantitative estimate of drug-likeness (QED) is 0.721. The number of nitrogens with zero attached hydrogens (tertiary/aromatic N) is 2. The number of sulfonamides is 1. The van der Waals surface area contributed by atoms with Crippen LogP contribution in [0.3, 0.4) is 0 Å². The number of rotatable bonds is 6. The molecule has 0 atom stereocenters. The highest BCUT2D eigenvalue weighted by Gasteiger charge is 2.26. The van der Waals surface area contributed by atoms with E-state index >= 15 is 0 Å². The van der Waals surface area contributed by atoms with Gasteiger partial charge in [-0.05, 0) is 43.2 Å². The Labute approximate surface area is 169 Å². The largest absolute Gasteiger partial charge is 0.379 e. The minimum atomic E-state index is -3.56. The number of nitrogens with one attached hydrogen (secondary N) is 1. The van der Waals surface area contributed by atoms with Crippen molar-refractivity contribution in [1.29, 1.82) is 0 Å². The van der Waals surface area contributed by atoms with Crippen LogP contribution < -0.4 is 5.32 Å². The van der Waals surface area contributed by atoms with Gasteiger partial charge < -0.3 is 10.1 Å². The number of hydrogen-bond donors (Lipinski definition) is 1. The molecule has 0 bridgehead atoms. The van der Waals surface area contributed by atoms with Gasteiger partial charge in [0.1, 0.15) is 4.90 Å². The molecular weight excluding hydrogens is 398 g/mol. The monoisotopic (exact) mass is 421 g/mol. The van der Waals surface area contributed by atoms with Crippen molar-refractivity contribution in [2.75, 3.05) is 37.4 Å². The number of thioether (sulfide) groups is 1. The Morgan fingerprint density at radius 1 is 1.21 bits per heavy atom. The van der Waals surface area contributed by atoms with Gasteiger partial charge in [-0.15, -0.1) is 0 Å². The fourth-order valence-electron chi connectivity index (χ4n) is 2.75. The zero-order chi connectivity index (χ0) is 20.1. The number of anilines is 1. The normalized spacial score (nSPS) is 15.4. The van der Waals surface area contributed by atoms with Crippen molar-refractivity contribution in [2.24, 2.45) is 0 Å². The lowest BCUT2D eigenvalue weighted by Gasteiger charge is -2.25. The predicted molar refractivity (Wildman–Crippen MR) is 109 cm³/mol. The highest BCUT2D eigenvalue weighted by atomic mass is 32.2. The maximum absolute atomic E-state index is 12.6. The van der Waals surface area contributed by atoms with Gasteiger partial charge >= 0.3 is 0 Å². The second kappa shape index (κ2) is 9.04. The summed E-state index contributed by atoms with van der Waals surface area (Å²) in [5, 5.41) is 3.49. The Morgan fingerprint density at radius 3 is 2.64 bits per heavy atom. The highest BCUT2D eigenvalue weighted by Crippen LogP contribution is 2.22. The van der Waals surface area contributed by atoms with Crippen molar-refractivity contribution in [3.8, 4) is 0 Å². The Kier molecular flexibility index (Phi) is 6.71. The summed E-state index contributed by atoms with van der Waals surface area (Å²) in [7, 11) is -3.56. The van der Waals surface area contributed by atoms with E-state index in [0.717, 1.165) is 16.8 Å². The number of ether oxygens (including phenoxy) is 1. The molecule has 1 aromatic carbocycles. The standard InChI is InChI=1S/C19H23N3O4S2/c1-14-4-3-5-17(15(14)2)21-18(23)13-27-19-7-6-16(12-20-19)28(24,25)22-8-10-26-11-9-22/h3-7,12H,8-11,13H2,1-2H3,(H,21,23). The highest BCUT2D eigenvalue weighted by molar-refractivity contribution is 7.99. The van der Waals surface area contributed by atoms with Gasteiger partial charge in [-0.1, -0.05) is 23.9 Å². The van der Waals surface area contributed by atoms with Crippen molar-refractivity contribution in [3.63, 3.8) is 0 Å². The van der Waals surface area contributed by atoms with Gasteiger partial charge in [0.15, 0.2) is 0 Å². The number of carbonyl (C=O) groups excluding carboxylic acids is 1. The van der Waals surface area contributed by atoms with E-state index in [1.165, 1.54) is 28.3 Å². The second-order valence-electron chi connectivity index (χ2n) is 6.43. The van der Waals surface area contributed by atoms with Crippen LogP contribution in [0.15, 0.2) is 46.5 Å². The summed E-state index contributed by atoms with van der Waals surface area (Å²) < 4.78 is 31.8. The summed E-state index contributed by atoms with van der Waals surface area (Å²) in [6, 6.07) is 8.93. The molecule has 2 aromatic rings. The molecule has 1 N–H and O–H groups in total. The van der Waals surface area contributed by atoms with Crippen LogP contribution in [0, 0.1) is 13.8 Å². The number of amides is 1. The van der Waals surface area contributed by atoms with E-state index in [1.54, 1.807) is 6.07 Å². The second-order valence-corrected chi connectivity index (χ2v) is 9.37. The van der Waals surface area contributed by atoms with E-state index in [2.05, 4.69) is 10.3 Å². The van der Waals surface area contributed by atoms with Gasteiger partial charge in [0.25, 0.3) is 0 Å². The Hall–Kier alpha value is -1.94. The Balaban J connectivity index is 1.58. The summed E-state index contributed by atoms with van der Waals surface area (Å²) in [6.07, 6.45) is 1.34. The molecule has 1 fully saturated rings. The number of carbonyl (C=O) groups is 1. The van der Waals surface area contributed by atoms with Crippen molar-refractivity contribution in [2.45, 2.75) is 23.8 Å². The van der Waals surface area contributed by atoms with Gasteiger partial charge in [-0.2, -0.15) is 4.31 Å². The first-order valence-electron chi connectivity index (χ1n) is 8.91. The number of morpholine rings is 1. The number of aryl methyl sites for hydroxylation is 1. The Morgan fingerprint density at radius 2 is 1.96 bits per heavy atom. The zero-order valence-corrected chi connectivity index (χ0v) is 17.5. The number of aromatic nitrogens is 1. The SMILES string of the molecule is Cc1cccc(NC(=O)CSc2ccc(S(=O)(=O)N3CCOCC3)cn2)c1C. The lowest BCUT2D eigenvalue weighted by molar-refractivity contribution is -0.113. The van der Waals surface area contributed by atoms with Gasteiger partial charge in [-0.25, -0.2) is 13.4 Å². The third-order valence-corrected chi connectivity index (χ3v) is 7.37. The van der Waals surface area contributed by atoms with Gasteiger partial charge in [0, 0.05) is 25.0 Å². The molecule has 1 aromatic heterocycles. The minimum absolute atomic E-state index is 0.134. The Bertz CT molecular complexity index is 940. The average Bonchev–Trinajstić information content (AvgIpc) is 2.71. The van der Waals surface area contributed by atoms with Crippen LogP contribution in [-0.2, 0) is 19.6 Å². The minimum Gasteiger partial charge on any atom is -0.379 e. The number of pyridine rings is 1. The first-order valence-corrected chi connectivity index (χ1v) is 11.3. The molecule has 7 nitrogen and oxygen atoms in total. The molecule has 3 rings (SSSR count). The lowest BCUT2D eigenvalue weighted by atomic mass is 10.1. The molecule has 0 spiro atoms. The summed E-state index contributed by atoms with van der Waals surface area (Å²) >= 11 is 1.26. The molecular formula is C19H23N3O4S2. The molecule has 0 aliphatic carbocycles. The topological polar surface area (TPSA) is 88.6 Å². The van der Waals surface area contributed by atoms with Gasteiger partial charge in [-0.3, -0.25) is 4.79 Å². The maximum Gasteiger partial charge on any atom is 0.244 e. The smallest absolute Gasteiger partial charge is 0.244 e. The molecule has 0 unspecified atom stereocenters. The first kappa shape index (κ1) is 20.8. The summed E-state index contributed by atoms with van der Waals surface area (Å²) in [4.78, 5) is 16.6. The summed E-state index contributed by atoms with van der Waals surface area (Å²) in [5.74, 6) is 0.0566. The molecule has 0 saturated carbocycles. The zero-order valence-electron chi connectivity index (χ0n) is 15.8. The van der Waals surface area contributed by atoms with E-state index in [4.69, 9.17) is 4.74 Å². The van der Waals surface area contributed by atoms with Crippen molar-refractivity contribution in [1.82, 2.24) is 9.29 Å². The number of benzene rings is 1. The summed E-state index contributed by atoms with van der Waals surface area (Å²) in [5.41, 5.74) is 2.95. The van der Waals surface area contributed by atoms with Crippen molar-refractivity contribution >= 4 is 33.4 Å². The van der Waals surface area contributed by atoms with E-state index in [0.29, 0.717) is 31.3 Å². The van der Waals surface area contributed by atoms with E-state index in [-0.39, 0.29) is 16.6 Å². The first-order chi connectivity index (χ1) is 13.4. The molecule has 9 heteroatoms. The van der Waals surface area contributed by atoms with Crippen LogP contribution in [0.25, 0.3) is 0 Å². The van der Waals surface area contributed by atoms with E-state index < -0.39 is 10.0 Å². The molecule has 1 saturated heterocycles. The maximum atomic E-state index is 12.6. The van der Waals surface area contributed by atoms with Crippen LogP contribution in [0.5, 0.6) is 0 Å². The van der Waals surface area contributed by atoms with Crippen molar-refractivity contribution in [3.05, 3.63) is 47.7 Å². The molecule has 28 heavy (non-hydrogen) atoms. The molecule has 1 aliphatic rings. The van der Waals surface area contributed by atoms with Crippen LogP contribution in [-0.4, -0.2) is 55.7 Å². The predicted octanol–water partition coefficient (Wildman–Crippen LogP) is 2.45. The third-order valence-electron chi connectivity index (χ3n) is 4.55. The lowest BCUT2D eigenvalue weighted by Crippen LogP contribution is -2.40. The van der Waals surface area contributed by atoms with Gasteiger partial charge in [0.05, 0.1) is 24.0 Å². The number of hydrogen-bond acceptors (Lipinski definition) is 6. The van der Waals surface area contributed by atoms with Crippen LogP contribution in [0.4, 0.5) is 5.69 Å². The van der Waals surface area contributed by atoms with Crippen LogP contribution in [0.2, 0.25) is 0 Å². The summed E-state index contributed by atoms with van der Waals surface area (Å²) in [6.45, 7) is 5.45.